The van der Waals surface area contributed by atoms with Gasteiger partial charge < -0.3 is 10.2 Å². The molecule has 1 aromatic rings. The van der Waals surface area contributed by atoms with Gasteiger partial charge in [-0.25, -0.2) is 4.79 Å². The second kappa shape index (κ2) is 9.04. The van der Waals surface area contributed by atoms with Crippen LogP contribution in [0.5, 0.6) is 0 Å². The summed E-state index contributed by atoms with van der Waals surface area (Å²) in [6.45, 7) is 9.92. The van der Waals surface area contributed by atoms with Crippen molar-refractivity contribution >= 4 is 12.0 Å². The Morgan fingerprint density at radius 1 is 1.08 bits per heavy atom. The summed E-state index contributed by atoms with van der Waals surface area (Å²) in [7, 11) is 0. The molecule has 128 valence electrons. The van der Waals surface area contributed by atoms with E-state index in [1.54, 1.807) is 13.0 Å². The van der Waals surface area contributed by atoms with Crippen LogP contribution < -0.4 is 0 Å². The summed E-state index contributed by atoms with van der Waals surface area (Å²) in [5.74, 6) is -0.940. The summed E-state index contributed by atoms with van der Waals surface area (Å²) in [6.07, 6.45) is 10.8. The van der Waals surface area contributed by atoms with E-state index in [0.29, 0.717) is 5.57 Å². The van der Waals surface area contributed by atoms with Crippen LogP contribution in [0.25, 0.3) is 6.08 Å². The number of benzene rings is 1. The summed E-state index contributed by atoms with van der Waals surface area (Å²) in [6, 6.07) is 2.09. The summed E-state index contributed by atoms with van der Waals surface area (Å²) in [5, 5.41) is 18.1. The molecule has 0 saturated heterocycles. The van der Waals surface area contributed by atoms with Crippen molar-refractivity contribution in [3.63, 3.8) is 0 Å². The molecular weight excluding hydrogens is 300 g/mol. The quantitative estimate of drug-likeness (QED) is 0.591. The maximum Gasteiger partial charge on any atom is 0.328 e. The van der Waals surface area contributed by atoms with Crippen LogP contribution in [0.1, 0.15) is 41.7 Å². The lowest BCUT2D eigenvalue weighted by molar-refractivity contribution is -0.131. The lowest BCUT2D eigenvalue weighted by Crippen LogP contribution is -1.98. The molecule has 0 amide bonds. The molecule has 0 bridgehead atoms. The van der Waals surface area contributed by atoms with Crippen LogP contribution in [0.15, 0.2) is 47.6 Å². The number of hydrogen-bond donors (Lipinski definition) is 2. The van der Waals surface area contributed by atoms with Crippen LogP contribution in [-0.4, -0.2) is 16.2 Å². The highest BCUT2D eigenvalue weighted by atomic mass is 16.4. The van der Waals surface area contributed by atoms with Gasteiger partial charge in [0.1, 0.15) is 0 Å². The molecule has 0 fully saturated rings. The molecule has 2 N–H and O–H groups in total. The third-order valence-corrected chi connectivity index (χ3v) is 4.05. The van der Waals surface area contributed by atoms with Crippen molar-refractivity contribution in [3.8, 4) is 0 Å². The van der Waals surface area contributed by atoms with Crippen LogP contribution in [-0.2, 0) is 11.4 Å². The van der Waals surface area contributed by atoms with Gasteiger partial charge in [-0.05, 0) is 68.0 Å². The van der Waals surface area contributed by atoms with E-state index in [9.17, 15) is 9.90 Å². The average Bonchev–Trinajstić information content (AvgIpc) is 2.49. The minimum atomic E-state index is -0.940. The van der Waals surface area contributed by atoms with Gasteiger partial charge >= 0.3 is 5.97 Å². The first kappa shape index (κ1) is 19.7. The molecule has 0 unspecified atom stereocenters. The number of allylic oxidation sites excluding steroid dienone is 6. The molecule has 0 saturated carbocycles. The van der Waals surface area contributed by atoms with E-state index >= 15 is 0 Å². The van der Waals surface area contributed by atoms with Gasteiger partial charge in [0.25, 0.3) is 0 Å². The fourth-order valence-corrected chi connectivity index (χ4v) is 2.45. The molecule has 0 atom stereocenters. The second-order valence-electron chi connectivity index (χ2n) is 6.00. The number of aliphatic hydroxyl groups excluding tert-OH is 1. The Hall–Kier alpha value is -2.39. The smallest absolute Gasteiger partial charge is 0.328 e. The third kappa shape index (κ3) is 5.67. The lowest BCUT2D eigenvalue weighted by Gasteiger charge is -2.13. The topological polar surface area (TPSA) is 57.5 Å². The van der Waals surface area contributed by atoms with E-state index in [1.165, 1.54) is 11.6 Å². The van der Waals surface area contributed by atoms with Gasteiger partial charge in [-0.2, -0.15) is 0 Å². The molecule has 0 aliphatic carbocycles. The number of aliphatic hydroxyl groups is 1. The maximum atomic E-state index is 10.5. The van der Waals surface area contributed by atoms with Crippen molar-refractivity contribution in [2.24, 2.45) is 0 Å². The molecule has 3 heteroatoms. The first-order valence-corrected chi connectivity index (χ1v) is 7.91. The highest BCUT2D eigenvalue weighted by Gasteiger charge is 2.07. The summed E-state index contributed by atoms with van der Waals surface area (Å²) >= 11 is 0. The van der Waals surface area contributed by atoms with E-state index in [1.807, 2.05) is 39.0 Å². The van der Waals surface area contributed by atoms with Crippen molar-refractivity contribution < 1.29 is 15.0 Å². The SMILES string of the molecule is CC(C=Cc1cc(C)c(CO)c(C)c1C)=CC=CC(C)=CC(=O)O. The third-order valence-electron chi connectivity index (χ3n) is 4.05. The van der Waals surface area contributed by atoms with Crippen LogP contribution in [0.4, 0.5) is 0 Å². The van der Waals surface area contributed by atoms with Gasteiger partial charge in [0.15, 0.2) is 0 Å². The van der Waals surface area contributed by atoms with Crippen LogP contribution in [0.2, 0.25) is 0 Å². The van der Waals surface area contributed by atoms with Gasteiger partial charge in [0.05, 0.1) is 6.61 Å². The van der Waals surface area contributed by atoms with Crippen molar-refractivity contribution in [1.82, 2.24) is 0 Å². The minimum absolute atomic E-state index is 0.0649. The second-order valence-corrected chi connectivity index (χ2v) is 6.00. The molecule has 0 aliphatic heterocycles. The number of carboxylic acids is 1. The zero-order valence-electron chi connectivity index (χ0n) is 15.1. The predicted octanol–water partition coefficient (Wildman–Crippen LogP) is 4.65. The van der Waals surface area contributed by atoms with Crippen molar-refractivity contribution in [1.29, 1.82) is 0 Å². The van der Waals surface area contributed by atoms with E-state index in [4.69, 9.17) is 5.11 Å². The molecule has 24 heavy (non-hydrogen) atoms. The Balaban J connectivity index is 2.95. The van der Waals surface area contributed by atoms with Crippen LogP contribution in [0.3, 0.4) is 0 Å². The Morgan fingerprint density at radius 3 is 2.33 bits per heavy atom. The number of aliphatic carboxylic acids is 1. The number of carbonyl (C=O) groups is 1. The van der Waals surface area contributed by atoms with E-state index in [-0.39, 0.29) is 6.61 Å². The highest BCUT2D eigenvalue weighted by molar-refractivity contribution is 5.81. The molecule has 0 spiro atoms. The Bertz CT molecular complexity index is 732. The zero-order chi connectivity index (χ0) is 18.3. The van der Waals surface area contributed by atoms with Crippen LogP contribution >= 0.6 is 0 Å². The van der Waals surface area contributed by atoms with Gasteiger partial charge in [-0.3, -0.25) is 0 Å². The first-order valence-electron chi connectivity index (χ1n) is 7.91. The predicted molar refractivity (Wildman–Crippen MR) is 99.9 cm³/mol. The van der Waals surface area contributed by atoms with Gasteiger partial charge in [-0.15, -0.1) is 0 Å². The van der Waals surface area contributed by atoms with E-state index < -0.39 is 5.97 Å². The molecule has 0 aliphatic rings. The Kier molecular flexibility index (Phi) is 7.40. The molecule has 0 heterocycles. The first-order chi connectivity index (χ1) is 11.3. The van der Waals surface area contributed by atoms with E-state index in [0.717, 1.165) is 27.8 Å². The molecule has 0 radical (unpaired) electrons. The van der Waals surface area contributed by atoms with Gasteiger partial charge in [0, 0.05) is 6.08 Å². The zero-order valence-corrected chi connectivity index (χ0v) is 15.1. The highest BCUT2D eigenvalue weighted by Crippen LogP contribution is 2.23. The summed E-state index contributed by atoms with van der Waals surface area (Å²) in [5.41, 5.74) is 7.29. The molecular formula is C21H26O3. The fraction of sp³-hybridized carbons (Fsp3) is 0.286. The molecule has 1 aromatic carbocycles. The van der Waals surface area contributed by atoms with Crippen molar-refractivity contribution in [3.05, 3.63) is 75.4 Å². The fourth-order valence-electron chi connectivity index (χ4n) is 2.45. The number of rotatable bonds is 6. The normalized spacial score (nSPS) is 13.2. The standard InChI is InChI=1S/C21H26O3/c1-14(7-6-8-15(2)11-21(23)24)9-10-19-12-16(3)20(13-22)18(5)17(19)4/h6-12,22H,13H2,1-5H3,(H,23,24). The summed E-state index contributed by atoms with van der Waals surface area (Å²) < 4.78 is 0. The largest absolute Gasteiger partial charge is 0.478 e. The molecule has 0 aromatic heterocycles. The van der Waals surface area contributed by atoms with E-state index in [2.05, 4.69) is 19.1 Å². The Morgan fingerprint density at radius 2 is 1.75 bits per heavy atom. The molecule has 3 nitrogen and oxygen atoms in total. The monoisotopic (exact) mass is 326 g/mol. The minimum Gasteiger partial charge on any atom is -0.478 e. The Labute approximate surface area is 144 Å². The van der Waals surface area contributed by atoms with Crippen LogP contribution in [0, 0.1) is 20.8 Å². The summed E-state index contributed by atoms with van der Waals surface area (Å²) in [4.78, 5) is 10.5. The maximum absolute atomic E-state index is 10.5. The van der Waals surface area contributed by atoms with Crippen molar-refractivity contribution in [2.45, 2.75) is 41.2 Å². The van der Waals surface area contributed by atoms with Crippen molar-refractivity contribution in [2.75, 3.05) is 0 Å². The molecule has 1 rings (SSSR count). The lowest BCUT2D eigenvalue weighted by atomic mass is 9.93. The van der Waals surface area contributed by atoms with Gasteiger partial charge in [-0.1, -0.05) is 42.0 Å². The average molecular weight is 326 g/mol. The number of aryl methyl sites for hydroxylation is 1. The van der Waals surface area contributed by atoms with Gasteiger partial charge in [0.2, 0.25) is 0 Å². The number of carboxylic acid groups (broad SMARTS) is 1. The number of hydrogen-bond acceptors (Lipinski definition) is 2.